The smallest absolute Gasteiger partial charge is 0.168 e. The summed E-state index contributed by atoms with van der Waals surface area (Å²) >= 11 is 7.09. The van der Waals surface area contributed by atoms with Crippen LogP contribution in [0.25, 0.3) is 0 Å². The van der Waals surface area contributed by atoms with E-state index in [1.54, 1.807) is 24.3 Å². The maximum absolute atomic E-state index is 13.8. The van der Waals surface area contributed by atoms with Crippen LogP contribution in [0.4, 0.5) is 14.6 Å². The van der Waals surface area contributed by atoms with Crippen LogP contribution in [0.5, 0.6) is 0 Å². The van der Waals surface area contributed by atoms with Gasteiger partial charge in [-0.05, 0) is 18.6 Å². The molecular weight excluding hydrogens is 302 g/mol. The molecule has 0 saturated heterocycles. The van der Waals surface area contributed by atoms with Crippen LogP contribution >= 0.6 is 23.4 Å². The third-order valence-corrected chi connectivity index (χ3v) is 3.98. The molecule has 1 aromatic carbocycles. The number of hydrogen-bond acceptors (Lipinski definition) is 3. The van der Waals surface area contributed by atoms with Crippen molar-refractivity contribution in [2.24, 2.45) is 0 Å². The third-order valence-electron chi connectivity index (χ3n) is 2.48. The Morgan fingerprint density at radius 1 is 1.25 bits per heavy atom. The Kier molecular flexibility index (Phi) is 5.20. The van der Waals surface area contributed by atoms with Crippen LogP contribution < -0.4 is 5.32 Å². The Bertz CT molecular complexity index is 608. The number of benzene rings is 1. The standard InChI is InChI=1S/C14H13ClF2N2S/c1-2-7-18-13-10(16)8-11(17)14(19-13)20-12-6-4-3-5-9(12)15/h3-6,8H,2,7H2,1H3,(H,18,19). The Morgan fingerprint density at radius 2 is 2.00 bits per heavy atom. The molecule has 20 heavy (non-hydrogen) atoms. The van der Waals surface area contributed by atoms with E-state index in [4.69, 9.17) is 11.6 Å². The first-order chi connectivity index (χ1) is 9.61. The summed E-state index contributed by atoms with van der Waals surface area (Å²) in [5, 5.41) is 3.43. The summed E-state index contributed by atoms with van der Waals surface area (Å²) in [5.41, 5.74) is 0. The predicted octanol–water partition coefficient (Wildman–Crippen LogP) is 4.99. The molecule has 6 heteroatoms. The fourth-order valence-electron chi connectivity index (χ4n) is 1.52. The molecule has 1 aromatic heterocycles. The van der Waals surface area contributed by atoms with Crippen molar-refractivity contribution >= 4 is 29.2 Å². The molecule has 0 spiro atoms. The van der Waals surface area contributed by atoms with Crippen LogP contribution in [-0.2, 0) is 0 Å². The number of nitrogens with zero attached hydrogens (tertiary/aromatic N) is 1. The van der Waals surface area contributed by atoms with Crippen LogP contribution in [0.3, 0.4) is 0 Å². The van der Waals surface area contributed by atoms with E-state index in [2.05, 4.69) is 10.3 Å². The average molecular weight is 315 g/mol. The number of halogens is 3. The van der Waals surface area contributed by atoms with E-state index in [9.17, 15) is 8.78 Å². The zero-order chi connectivity index (χ0) is 14.5. The van der Waals surface area contributed by atoms with E-state index in [0.717, 1.165) is 24.2 Å². The van der Waals surface area contributed by atoms with Gasteiger partial charge < -0.3 is 5.32 Å². The molecule has 0 fully saturated rings. The number of pyridine rings is 1. The molecule has 2 aromatic rings. The van der Waals surface area contributed by atoms with Crippen molar-refractivity contribution in [1.29, 1.82) is 0 Å². The zero-order valence-electron chi connectivity index (χ0n) is 10.8. The second kappa shape index (κ2) is 6.90. The lowest BCUT2D eigenvalue weighted by molar-refractivity contribution is 0.551. The molecule has 1 heterocycles. The highest BCUT2D eigenvalue weighted by Crippen LogP contribution is 2.34. The van der Waals surface area contributed by atoms with E-state index < -0.39 is 11.6 Å². The molecule has 2 nitrogen and oxygen atoms in total. The number of aromatic nitrogens is 1. The first-order valence-corrected chi connectivity index (χ1v) is 7.33. The summed E-state index contributed by atoms with van der Waals surface area (Å²) in [5.74, 6) is -1.34. The van der Waals surface area contributed by atoms with Gasteiger partial charge in [0.2, 0.25) is 0 Å². The van der Waals surface area contributed by atoms with Crippen LogP contribution in [0, 0.1) is 11.6 Å². The minimum absolute atomic E-state index is 0.0582. The second-order valence-electron chi connectivity index (χ2n) is 4.07. The van der Waals surface area contributed by atoms with Gasteiger partial charge in [-0.15, -0.1) is 0 Å². The van der Waals surface area contributed by atoms with Gasteiger partial charge in [0.25, 0.3) is 0 Å². The summed E-state index contributed by atoms with van der Waals surface area (Å²) in [6.45, 7) is 2.53. The van der Waals surface area contributed by atoms with Crippen LogP contribution in [-0.4, -0.2) is 11.5 Å². The summed E-state index contributed by atoms with van der Waals surface area (Å²) < 4.78 is 27.3. The molecule has 0 aliphatic carbocycles. The third kappa shape index (κ3) is 3.61. The van der Waals surface area contributed by atoms with Crippen molar-refractivity contribution < 1.29 is 8.78 Å². The van der Waals surface area contributed by atoms with Crippen molar-refractivity contribution in [3.05, 3.63) is 47.0 Å². The zero-order valence-corrected chi connectivity index (χ0v) is 12.4. The van der Waals surface area contributed by atoms with Gasteiger partial charge in [0.05, 0.1) is 5.02 Å². The lowest BCUT2D eigenvalue weighted by Gasteiger charge is -2.09. The molecular formula is C14H13ClF2N2S. The normalized spacial score (nSPS) is 10.6. The van der Waals surface area contributed by atoms with Gasteiger partial charge >= 0.3 is 0 Å². The number of hydrogen-bond donors (Lipinski definition) is 1. The minimum atomic E-state index is -0.700. The summed E-state index contributed by atoms with van der Waals surface area (Å²) in [7, 11) is 0. The van der Waals surface area contributed by atoms with Gasteiger partial charge in [0, 0.05) is 17.5 Å². The van der Waals surface area contributed by atoms with E-state index in [0.29, 0.717) is 16.5 Å². The molecule has 0 aliphatic rings. The first-order valence-electron chi connectivity index (χ1n) is 6.14. The molecule has 0 radical (unpaired) electrons. The maximum atomic E-state index is 13.8. The van der Waals surface area contributed by atoms with E-state index in [-0.39, 0.29) is 10.8 Å². The van der Waals surface area contributed by atoms with Gasteiger partial charge in [-0.3, -0.25) is 0 Å². The molecule has 2 rings (SSSR count). The molecule has 1 N–H and O–H groups in total. The van der Waals surface area contributed by atoms with Crippen LogP contribution in [0.15, 0.2) is 40.3 Å². The Hall–Kier alpha value is -1.33. The number of nitrogens with one attached hydrogen (secondary N) is 1. The molecule has 0 atom stereocenters. The van der Waals surface area contributed by atoms with Crippen molar-refractivity contribution in [1.82, 2.24) is 4.98 Å². The fourth-order valence-corrected chi connectivity index (χ4v) is 2.59. The Morgan fingerprint density at radius 3 is 2.70 bits per heavy atom. The highest BCUT2D eigenvalue weighted by molar-refractivity contribution is 7.99. The van der Waals surface area contributed by atoms with E-state index in [1.807, 2.05) is 6.92 Å². The van der Waals surface area contributed by atoms with Crippen molar-refractivity contribution in [2.75, 3.05) is 11.9 Å². The summed E-state index contributed by atoms with van der Waals surface area (Å²) in [6.07, 6.45) is 0.825. The van der Waals surface area contributed by atoms with Gasteiger partial charge in [0.15, 0.2) is 17.5 Å². The van der Waals surface area contributed by atoms with Crippen molar-refractivity contribution in [3.63, 3.8) is 0 Å². The molecule has 0 aliphatic heterocycles. The predicted molar refractivity (Wildman–Crippen MR) is 78.5 cm³/mol. The molecule has 0 amide bonds. The fraction of sp³-hybridized carbons (Fsp3) is 0.214. The van der Waals surface area contributed by atoms with Crippen molar-refractivity contribution in [3.8, 4) is 0 Å². The maximum Gasteiger partial charge on any atom is 0.168 e. The summed E-state index contributed by atoms with van der Waals surface area (Å²) in [4.78, 5) is 4.66. The van der Waals surface area contributed by atoms with Crippen LogP contribution in [0.2, 0.25) is 5.02 Å². The van der Waals surface area contributed by atoms with Gasteiger partial charge in [-0.2, -0.15) is 0 Å². The SMILES string of the molecule is CCCNc1nc(Sc2ccccc2Cl)c(F)cc1F. The van der Waals surface area contributed by atoms with Gasteiger partial charge in [-0.1, -0.05) is 42.4 Å². The van der Waals surface area contributed by atoms with Crippen molar-refractivity contribution in [2.45, 2.75) is 23.3 Å². The summed E-state index contributed by atoms with van der Waals surface area (Å²) in [6, 6.07) is 7.89. The Labute approximate surface area is 125 Å². The average Bonchev–Trinajstić information content (AvgIpc) is 2.43. The van der Waals surface area contributed by atoms with Gasteiger partial charge in [0.1, 0.15) is 5.03 Å². The largest absolute Gasteiger partial charge is 0.368 e. The quantitative estimate of drug-likeness (QED) is 0.842. The topological polar surface area (TPSA) is 24.9 Å². The number of rotatable bonds is 5. The lowest BCUT2D eigenvalue weighted by Crippen LogP contribution is -2.06. The van der Waals surface area contributed by atoms with E-state index >= 15 is 0 Å². The molecule has 0 saturated carbocycles. The molecule has 0 unspecified atom stereocenters. The number of anilines is 1. The molecule has 106 valence electrons. The highest BCUT2D eigenvalue weighted by atomic mass is 35.5. The highest BCUT2D eigenvalue weighted by Gasteiger charge is 2.14. The van der Waals surface area contributed by atoms with Gasteiger partial charge in [-0.25, -0.2) is 13.8 Å². The molecule has 0 bridgehead atoms. The van der Waals surface area contributed by atoms with E-state index in [1.165, 1.54) is 0 Å². The second-order valence-corrected chi connectivity index (χ2v) is 5.50. The van der Waals surface area contributed by atoms with Crippen LogP contribution in [0.1, 0.15) is 13.3 Å². The monoisotopic (exact) mass is 314 g/mol. The minimum Gasteiger partial charge on any atom is -0.368 e. The lowest BCUT2D eigenvalue weighted by atomic mass is 10.4. The Balaban J connectivity index is 2.29. The first kappa shape index (κ1) is 15.1.